The Balaban J connectivity index is 2.07. The van der Waals surface area contributed by atoms with Gasteiger partial charge < -0.3 is 4.74 Å². The highest BCUT2D eigenvalue weighted by Crippen LogP contribution is 2.26. The van der Waals surface area contributed by atoms with Crippen LogP contribution >= 0.6 is 23.4 Å². The molecular formula is C14H10ClF2NO2S. The molecular weight excluding hydrogens is 320 g/mol. The molecule has 1 heterocycles. The molecule has 1 aromatic carbocycles. The molecule has 0 saturated carbocycles. The Morgan fingerprint density at radius 3 is 2.86 bits per heavy atom. The van der Waals surface area contributed by atoms with Crippen molar-refractivity contribution in [1.82, 2.24) is 4.98 Å². The van der Waals surface area contributed by atoms with Gasteiger partial charge >= 0.3 is 5.97 Å². The second kappa shape index (κ2) is 7.38. The number of hydrogen-bond acceptors (Lipinski definition) is 4. The number of rotatable bonds is 5. The largest absolute Gasteiger partial charge is 0.457 e. The number of ether oxygens (including phenoxy) is 1. The lowest BCUT2D eigenvalue weighted by atomic mass is 10.2. The molecule has 0 aliphatic rings. The number of carbonyl (C=O) groups excluding carboxylic acids is 1. The highest BCUT2D eigenvalue weighted by Gasteiger charge is 2.17. The van der Waals surface area contributed by atoms with Crippen LogP contribution in [-0.2, 0) is 11.3 Å². The summed E-state index contributed by atoms with van der Waals surface area (Å²) < 4.78 is 29.9. The molecule has 7 heteroatoms. The number of hydrogen-bond donors (Lipinski definition) is 0. The number of pyridine rings is 1. The minimum absolute atomic E-state index is 0.00702. The van der Waals surface area contributed by atoms with E-state index in [9.17, 15) is 13.6 Å². The molecule has 0 saturated heterocycles. The first kappa shape index (κ1) is 15.7. The number of alkyl halides is 2. The Labute approximate surface area is 129 Å². The van der Waals surface area contributed by atoms with Crippen molar-refractivity contribution < 1.29 is 18.3 Å². The number of esters is 1. The van der Waals surface area contributed by atoms with Crippen molar-refractivity contribution >= 4 is 29.3 Å². The van der Waals surface area contributed by atoms with E-state index in [0.29, 0.717) is 10.6 Å². The summed E-state index contributed by atoms with van der Waals surface area (Å²) in [5.41, 5.74) is 0.729. The highest BCUT2D eigenvalue weighted by molar-refractivity contribution is 7.99. The normalized spacial score (nSPS) is 10.7. The van der Waals surface area contributed by atoms with Crippen LogP contribution in [0.5, 0.6) is 0 Å². The quantitative estimate of drug-likeness (QED) is 0.602. The van der Waals surface area contributed by atoms with Gasteiger partial charge in [0.2, 0.25) is 0 Å². The third-order valence-corrected chi connectivity index (χ3v) is 3.41. The lowest BCUT2D eigenvalue weighted by Crippen LogP contribution is -2.08. The van der Waals surface area contributed by atoms with Crippen LogP contribution < -0.4 is 0 Å². The molecule has 0 atom stereocenters. The van der Waals surface area contributed by atoms with Crippen molar-refractivity contribution in [3.63, 3.8) is 0 Å². The molecule has 0 fully saturated rings. The van der Waals surface area contributed by atoms with Crippen LogP contribution in [0.4, 0.5) is 8.78 Å². The van der Waals surface area contributed by atoms with E-state index in [4.69, 9.17) is 16.3 Å². The van der Waals surface area contributed by atoms with Gasteiger partial charge in [-0.15, -0.1) is 0 Å². The third kappa shape index (κ3) is 4.68. The SMILES string of the molecule is O=C(OCc1cccc(Cl)c1)c1cccnc1SC(F)F. The Kier molecular flexibility index (Phi) is 5.52. The number of aromatic nitrogens is 1. The summed E-state index contributed by atoms with van der Waals surface area (Å²) >= 11 is 6.03. The number of thioether (sulfide) groups is 1. The summed E-state index contributed by atoms with van der Waals surface area (Å²) in [7, 11) is 0. The van der Waals surface area contributed by atoms with Gasteiger partial charge in [-0.3, -0.25) is 0 Å². The third-order valence-electron chi connectivity index (χ3n) is 2.45. The summed E-state index contributed by atoms with van der Waals surface area (Å²) in [6.45, 7) is 0.00702. The Bertz CT molecular complexity index is 640. The van der Waals surface area contributed by atoms with Gasteiger partial charge in [-0.05, 0) is 41.6 Å². The second-order valence-corrected chi connectivity index (χ2v) is 5.36. The lowest BCUT2D eigenvalue weighted by Gasteiger charge is -2.08. The smallest absolute Gasteiger partial charge is 0.341 e. The molecule has 1 aromatic heterocycles. The standard InChI is InChI=1S/C14H10ClF2NO2S/c15-10-4-1-3-9(7-10)8-20-13(19)11-5-2-6-18-12(11)21-14(16)17/h1-7,14H,8H2. The van der Waals surface area contributed by atoms with Crippen molar-refractivity contribution in [2.24, 2.45) is 0 Å². The fourth-order valence-electron chi connectivity index (χ4n) is 1.58. The Morgan fingerprint density at radius 2 is 2.14 bits per heavy atom. The molecule has 110 valence electrons. The summed E-state index contributed by atoms with van der Waals surface area (Å²) in [6.07, 6.45) is 1.35. The van der Waals surface area contributed by atoms with Crippen LogP contribution in [0, 0.1) is 0 Å². The zero-order valence-electron chi connectivity index (χ0n) is 10.6. The maximum atomic E-state index is 12.4. The van der Waals surface area contributed by atoms with Gasteiger partial charge in [0.25, 0.3) is 5.76 Å². The molecule has 3 nitrogen and oxygen atoms in total. The van der Waals surface area contributed by atoms with E-state index in [1.807, 2.05) is 0 Å². The van der Waals surface area contributed by atoms with Gasteiger partial charge in [0.15, 0.2) is 0 Å². The van der Waals surface area contributed by atoms with Crippen molar-refractivity contribution in [2.75, 3.05) is 0 Å². The molecule has 0 N–H and O–H groups in total. The van der Waals surface area contributed by atoms with Gasteiger partial charge in [0, 0.05) is 11.2 Å². The number of halogens is 3. The first-order valence-corrected chi connectivity index (χ1v) is 7.13. The van der Waals surface area contributed by atoms with Crippen LogP contribution in [0.15, 0.2) is 47.6 Å². The molecule has 2 aromatic rings. The van der Waals surface area contributed by atoms with E-state index in [1.54, 1.807) is 24.3 Å². The van der Waals surface area contributed by atoms with Gasteiger partial charge in [0.1, 0.15) is 11.6 Å². The van der Waals surface area contributed by atoms with Crippen LogP contribution in [-0.4, -0.2) is 16.7 Å². The minimum atomic E-state index is -2.65. The van der Waals surface area contributed by atoms with E-state index >= 15 is 0 Å². The molecule has 2 rings (SSSR count). The van der Waals surface area contributed by atoms with Crippen molar-refractivity contribution in [2.45, 2.75) is 17.4 Å². The van der Waals surface area contributed by atoms with Crippen LogP contribution in [0.25, 0.3) is 0 Å². The highest BCUT2D eigenvalue weighted by atomic mass is 35.5. The number of benzene rings is 1. The predicted octanol–water partition coefficient (Wildman–Crippen LogP) is 4.41. The molecule has 0 amide bonds. The maximum absolute atomic E-state index is 12.4. The topological polar surface area (TPSA) is 39.2 Å². The van der Waals surface area contributed by atoms with Gasteiger partial charge in [0.05, 0.1) is 5.56 Å². The zero-order chi connectivity index (χ0) is 15.2. The molecule has 0 unspecified atom stereocenters. The first-order valence-electron chi connectivity index (χ1n) is 5.87. The van der Waals surface area contributed by atoms with Crippen LogP contribution in [0.3, 0.4) is 0 Å². The van der Waals surface area contributed by atoms with Gasteiger partial charge in [-0.25, -0.2) is 9.78 Å². The molecule has 0 aliphatic carbocycles. The average Bonchev–Trinajstić information content (AvgIpc) is 2.45. The van der Waals surface area contributed by atoms with Crippen molar-refractivity contribution in [3.05, 3.63) is 58.7 Å². The molecule has 0 radical (unpaired) electrons. The first-order chi connectivity index (χ1) is 10.1. The van der Waals surface area contributed by atoms with E-state index < -0.39 is 11.7 Å². The van der Waals surface area contributed by atoms with Crippen LogP contribution in [0.2, 0.25) is 5.02 Å². The maximum Gasteiger partial charge on any atom is 0.341 e. The van der Waals surface area contributed by atoms with E-state index in [0.717, 1.165) is 0 Å². The lowest BCUT2D eigenvalue weighted by molar-refractivity contribution is 0.0467. The average molecular weight is 330 g/mol. The van der Waals surface area contributed by atoms with Crippen molar-refractivity contribution in [1.29, 1.82) is 0 Å². The molecule has 0 aliphatic heterocycles. The molecule has 21 heavy (non-hydrogen) atoms. The second-order valence-electron chi connectivity index (χ2n) is 3.94. The molecule has 0 spiro atoms. The predicted molar refractivity (Wildman–Crippen MR) is 76.7 cm³/mol. The van der Waals surface area contributed by atoms with E-state index in [2.05, 4.69) is 4.98 Å². The number of carbonyl (C=O) groups is 1. The fourth-order valence-corrected chi connectivity index (χ4v) is 2.36. The summed E-state index contributed by atoms with van der Waals surface area (Å²) in [6, 6.07) is 9.73. The molecule has 0 bridgehead atoms. The summed E-state index contributed by atoms with van der Waals surface area (Å²) in [5, 5.41) is 0.475. The minimum Gasteiger partial charge on any atom is -0.457 e. The monoisotopic (exact) mass is 329 g/mol. The van der Waals surface area contributed by atoms with Crippen molar-refractivity contribution in [3.8, 4) is 0 Å². The fraction of sp³-hybridized carbons (Fsp3) is 0.143. The summed E-state index contributed by atoms with van der Waals surface area (Å²) in [5.74, 6) is -3.36. The Hall–Kier alpha value is -1.66. The summed E-state index contributed by atoms with van der Waals surface area (Å²) in [4.78, 5) is 15.7. The number of nitrogens with zero attached hydrogens (tertiary/aromatic N) is 1. The van der Waals surface area contributed by atoms with Gasteiger partial charge in [-0.1, -0.05) is 23.7 Å². The van der Waals surface area contributed by atoms with Crippen LogP contribution in [0.1, 0.15) is 15.9 Å². The van der Waals surface area contributed by atoms with E-state index in [-0.39, 0.29) is 29.0 Å². The Morgan fingerprint density at radius 1 is 1.33 bits per heavy atom. The van der Waals surface area contributed by atoms with Gasteiger partial charge in [-0.2, -0.15) is 8.78 Å². The zero-order valence-corrected chi connectivity index (χ0v) is 12.2. The van der Waals surface area contributed by atoms with E-state index in [1.165, 1.54) is 18.3 Å².